The molecule has 9 heteroatoms. The minimum Gasteiger partial charge on any atom is -0.454 e. The van der Waals surface area contributed by atoms with Crippen molar-refractivity contribution in [2.24, 2.45) is 23.7 Å². The van der Waals surface area contributed by atoms with E-state index in [1.807, 2.05) is 18.2 Å². The van der Waals surface area contributed by atoms with Crippen molar-refractivity contribution < 1.29 is 28.4 Å². The molecule has 0 spiro atoms. The highest BCUT2D eigenvalue weighted by molar-refractivity contribution is 6.08. The number of hydrogen-bond acceptors (Lipinski definition) is 7. The summed E-state index contributed by atoms with van der Waals surface area (Å²) in [5.74, 6) is -1.44. The smallest absolute Gasteiger partial charge is 0.326 e. The highest BCUT2D eigenvalue weighted by Crippen LogP contribution is 2.61. The van der Waals surface area contributed by atoms with Gasteiger partial charge in [-0.15, -0.1) is 0 Å². The van der Waals surface area contributed by atoms with E-state index in [1.54, 1.807) is 6.92 Å². The van der Waals surface area contributed by atoms with Crippen LogP contribution >= 0.6 is 0 Å². The summed E-state index contributed by atoms with van der Waals surface area (Å²) in [6.07, 6.45) is 1.75. The molecule has 3 amide bonds. The van der Waals surface area contributed by atoms with Gasteiger partial charge in [-0.3, -0.25) is 24.1 Å². The van der Waals surface area contributed by atoms with Gasteiger partial charge in [0.25, 0.3) is 5.91 Å². The Balaban J connectivity index is 1.19. The summed E-state index contributed by atoms with van der Waals surface area (Å²) in [6.45, 7) is 0.655. The fraction of sp³-hybridized carbons (Fsp3) is 0.435. The molecule has 5 atom stereocenters. The number of carbonyl (C=O) groups is 4. The van der Waals surface area contributed by atoms with Gasteiger partial charge in [0.1, 0.15) is 12.3 Å². The molecule has 32 heavy (non-hydrogen) atoms. The number of rotatable bonds is 6. The van der Waals surface area contributed by atoms with Crippen molar-refractivity contribution >= 4 is 29.5 Å². The van der Waals surface area contributed by atoms with Crippen molar-refractivity contribution in [3.63, 3.8) is 0 Å². The molecule has 1 N–H and O–H groups in total. The zero-order valence-corrected chi connectivity index (χ0v) is 17.5. The van der Waals surface area contributed by atoms with Crippen LogP contribution in [0.25, 0.3) is 0 Å². The minimum atomic E-state index is -0.801. The van der Waals surface area contributed by atoms with E-state index in [2.05, 4.69) is 22.6 Å². The van der Waals surface area contributed by atoms with E-state index < -0.39 is 25.0 Å². The summed E-state index contributed by atoms with van der Waals surface area (Å²) in [6, 6.07) is 11.6. The Hall–Kier alpha value is -3.49. The van der Waals surface area contributed by atoms with Gasteiger partial charge in [-0.05, 0) is 43.1 Å². The van der Waals surface area contributed by atoms with Crippen molar-refractivity contribution in [2.75, 3.05) is 18.5 Å². The number of amides is 3. The van der Waals surface area contributed by atoms with Crippen LogP contribution in [0.3, 0.4) is 0 Å². The van der Waals surface area contributed by atoms with Crippen LogP contribution in [0.15, 0.2) is 40.9 Å². The molecular formula is C23H23N3O6. The highest BCUT2D eigenvalue weighted by atomic mass is 16.5. The van der Waals surface area contributed by atoms with E-state index in [4.69, 9.17) is 9.26 Å². The average molecular weight is 437 g/mol. The fourth-order valence-corrected chi connectivity index (χ4v) is 5.69. The van der Waals surface area contributed by atoms with Gasteiger partial charge < -0.3 is 14.6 Å². The third kappa shape index (κ3) is 3.47. The Morgan fingerprint density at radius 2 is 1.91 bits per heavy atom. The summed E-state index contributed by atoms with van der Waals surface area (Å²) >= 11 is 0. The molecule has 2 saturated carbocycles. The Kier molecular flexibility index (Phi) is 5.03. The number of carbonyl (C=O) groups excluding carboxylic acids is 4. The number of ether oxygens (including phenoxy) is 1. The standard InChI is InChI=1S/C23H23N3O6/c1-12-7-17(25-32-12)24-18(27)11-31-19(28)10-26-22(29)20-14-8-15(13-5-3-2-4-6-13)16(9-14)21(20)23(26)30/h2-7,14-16,20-21H,8-11H2,1H3,(H,24,25,27). The lowest BCUT2D eigenvalue weighted by molar-refractivity contribution is -0.154. The molecule has 2 bridgehead atoms. The third-order valence-corrected chi connectivity index (χ3v) is 6.88. The number of benzene rings is 1. The SMILES string of the molecule is Cc1cc(NC(=O)COC(=O)CN2C(=O)C3C4CC(c5ccccc5)C(C4)C3C2=O)no1. The molecule has 2 aliphatic carbocycles. The average Bonchev–Trinajstić information content (AvgIpc) is 3.53. The first-order valence-electron chi connectivity index (χ1n) is 10.7. The maximum absolute atomic E-state index is 13.1. The van der Waals surface area contributed by atoms with Crippen molar-refractivity contribution in [3.05, 3.63) is 47.7 Å². The lowest BCUT2D eigenvalue weighted by Gasteiger charge is -2.28. The zero-order chi connectivity index (χ0) is 22.4. The molecule has 5 unspecified atom stereocenters. The van der Waals surface area contributed by atoms with Gasteiger partial charge in [-0.1, -0.05) is 35.5 Å². The molecule has 2 aromatic rings. The maximum atomic E-state index is 13.1. The molecule has 1 aromatic carbocycles. The number of esters is 1. The predicted octanol–water partition coefficient (Wildman–Crippen LogP) is 1.89. The van der Waals surface area contributed by atoms with Crippen LogP contribution in [0.5, 0.6) is 0 Å². The van der Waals surface area contributed by atoms with E-state index in [-0.39, 0.29) is 47.2 Å². The number of likely N-dealkylation sites (tertiary alicyclic amines) is 1. The normalized spacial score (nSPS) is 28.2. The predicted molar refractivity (Wildman–Crippen MR) is 110 cm³/mol. The van der Waals surface area contributed by atoms with Crippen molar-refractivity contribution in [1.82, 2.24) is 10.1 Å². The second-order valence-corrected chi connectivity index (χ2v) is 8.76. The molecule has 5 rings (SSSR count). The van der Waals surface area contributed by atoms with E-state index >= 15 is 0 Å². The zero-order valence-electron chi connectivity index (χ0n) is 17.5. The first-order chi connectivity index (χ1) is 15.4. The molecular weight excluding hydrogens is 414 g/mol. The third-order valence-electron chi connectivity index (χ3n) is 6.88. The maximum Gasteiger partial charge on any atom is 0.326 e. The number of hydrogen-bond donors (Lipinski definition) is 1. The van der Waals surface area contributed by atoms with Crippen LogP contribution < -0.4 is 5.32 Å². The Morgan fingerprint density at radius 1 is 1.16 bits per heavy atom. The second kappa shape index (κ2) is 7.89. The van der Waals surface area contributed by atoms with Gasteiger partial charge >= 0.3 is 5.97 Å². The Morgan fingerprint density at radius 3 is 2.62 bits per heavy atom. The number of nitrogens with zero attached hydrogens (tertiary/aromatic N) is 2. The topological polar surface area (TPSA) is 119 Å². The number of fused-ring (bicyclic) bond motifs is 5. The molecule has 166 valence electrons. The lowest BCUT2D eigenvalue weighted by Crippen LogP contribution is -2.38. The molecule has 1 aliphatic heterocycles. The van der Waals surface area contributed by atoms with Gasteiger partial charge in [-0.25, -0.2) is 0 Å². The molecule has 0 radical (unpaired) electrons. The van der Waals surface area contributed by atoms with Crippen LogP contribution in [0.2, 0.25) is 0 Å². The van der Waals surface area contributed by atoms with Crippen LogP contribution in [0.1, 0.15) is 30.1 Å². The van der Waals surface area contributed by atoms with E-state index in [0.717, 1.165) is 17.7 Å². The summed E-state index contributed by atoms with van der Waals surface area (Å²) in [4.78, 5) is 51.2. The second-order valence-electron chi connectivity index (χ2n) is 8.76. The van der Waals surface area contributed by atoms with Crippen LogP contribution in [0.4, 0.5) is 5.82 Å². The van der Waals surface area contributed by atoms with Gasteiger partial charge in [0.2, 0.25) is 11.8 Å². The largest absolute Gasteiger partial charge is 0.454 e. The van der Waals surface area contributed by atoms with Crippen LogP contribution in [-0.4, -0.2) is 46.9 Å². The van der Waals surface area contributed by atoms with Crippen LogP contribution in [0, 0.1) is 30.6 Å². The number of imide groups is 1. The molecule has 3 aliphatic rings. The van der Waals surface area contributed by atoms with E-state index in [9.17, 15) is 19.2 Å². The van der Waals surface area contributed by atoms with Crippen LogP contribution in [-0.2, 0) is 23.9 Å². The van der Waals surface area contributed by atoms with Gasteiger partial charge in [0.05, 0.1) is 11.8 Å². The molecule has 1 aromatic heterocycles. The Bertz CT molecular complexity index is 1080. The first kappa shape index (κ1) is 20.4. The van der Waals surface area contributed by atoms with E-state index in [0.29, 0.717) is 5.76 Å². The number of aromatic nitrogens is 1. The fourth-order valence-electron chi connectivity index (χ4n) is 5.69. The summed E-state index contributed by atoms with van der Waals surface area (Å²) in [5.41, 5.74) is 1.20. The highest BCUT2D eigenvalue weighted by Gasteiger charge is 2.64. The quantitative estimate of drug-likeness (QED) is 0.541. The molecule has 2 heterocycles. The molecule has 9 nitrogen and oxygen atoms in total. The monoisotopic (exact) mass is 437 g/mol. The van der Waals surface area contributed by atoms with E-state index in [1.165, 1.54) is 11.6 Å². The summed E-state index contributed by atoms with van der Waals surface area (Å²) < 4.78 is 9.81. The number of nitrogens with one attached hydrogen (secondary N) is 1. The van der Waals surface area contributed by atoms with Gasteiger partial charge in [0.15, 0.2) is 12.4 Å². The van der Waals surface area contributed by atoms with Crippen molar-refractivity contribution in [1.29, 1.82) is 0 Å². The Labute approximate surface area is 184 Å². The molecule has 3 fully saturated rings. The van der Waals surface area contributed by atoms with Crippen molar-refractivity contribution in [2.45, 2.75) is 25.7 Å². The lowest BCUT2D eigenvalue weighted by atomic mass is 9.73. The number of aryl methyl sites for hydroxylation is 1. The van der Waals surface area contributed by atoms with Gasteiger partial charge in [-0.2, -0.15) is 0 Å². The van der Waals surface area contributed by atoms with Crippen molar-refractivity contribution in [3.8, 4) is 0 Å². The first-order valence-corrected chi connectivity index (χ1v) is 10.7. The van der Waals surface area contributed by atoms with Gasteiger partial charge in [0, 0.05) is 6.07 Å². The number of anilines is 1. The summed E-state index contributed by atoms with van der Waals surface area (Å²) in [7, 11) is 0. The minimum absolute atomic E-state index is 0.113. The molecule has 1 saturated heterocycles. The summed E-state index contributed by atoms with van der Waals surface area (Å²) in [5, 5.41) is 6.05.